The van der Waals surface area contributed by atoms with Crippen molar-refractivity contribution in [3.8, 4) is 17.2 Å². The predicted octanol–water partition coefficient (Wildman–Crippen LogP) is 1.42. The van der Waals surface area contributed by atoms with Crippen LogP contribution in [0.4, 0.5) is 4.79 Å². The van der Waals surface area contributed by atoms with Crippen LogP contribution in [0.15, 0.2) is 6.07 Å². The smallest absolute Gasteiger partial charge is 0.478 e. The Morgan fingerprint density at radius 3 is 1.45 bits per heavy atom. The van der Waals surface area contributed by atoms with Crippen molar-refractivity contribution < 1.29 is 93.4 Å². The Kier molecular flexibility index (Phi) is 6.42. The SMILES string of the molecule is O=C(O)Oc1c(C(=O)O)c(C(=O)O)c(C(=O)O)c2c1c(C(=O)O)c(C(=O)O)c1c(C(=O)O)cc3c(c12)OC(C(=O)O)O3. The van der Waals surface area contributed by atoms with E-state index in [1.54, 1.807) is 0 Å². The minimum absolute atomic E-state index is 0.520. The number of ether oxygens (including phenoxy) is 3. The number of fused-ring (bicyclic) bond motifs is 5. The molecule has 8 N–H and O–H groups in total. The van der Waals surface area contributed by atoms with Gasteiger partial charge in [-0.3, -0.25) is 0 Å². The number of benzene rings is 3. The summed E-state index contributed by atoms with van der Waals surface area (Å²) in [6.45, 7) is 0. The molecule has 216 valence electrons. The molecule has 0 aliphatic carbocycles. The van der Waals surface area contributed by atoms with Crippen molar-refractivity contribution in [1.29, 1.82) is 0 Å². The van der Waals surface area contributed by atoms with Crippen LogP contribution in [0, 0.1) is 0 Å². The van der Waals surface area contributed by atoms with Crippen LogP contribution in [0.1, 0.15) is 62.1 Å². The van der Waals surface area contributed by atoms with E-state index >= 15 is 0 Å². The minimum Gasteiger partial charge on any atom is -0.478 e. The van der Waals surface area contributed by atoms with Gasteiger partial charge in [0.25, 0.3) is 0 Å². The van der Waals surface area contributed by atoms with Gasteiger partial charge in [-0.25, -0.2) is 38.4 Å². The van der Waals surface area contributed by atoms with Crippen molar-refractivity contribution in [1.82, 2.24) is 0 Å². The minimum atomic E-state index is -2.40. The summed E-state index contributed by atoms with van der Waals surface area (Å²) in [5.74, 6) is -18.8. The molecule has 0 fully saturated rings. The summed E-state index contributed by atoms with van der Waals surface area (Å²) in [4.78, 5) is 97.3. The fourth-order valence-electron chi connectivity index (χ4n) is 4.57. The van der Waals surface area contributed by atoms with Crippen LogP contribution in [-0.2, 0) is 4.79 Å². The molecule has 19 nitrogen and oxygen atoms in total. The van der Waals surface area contributed by atoms with Crippen LogP contribution in [-0.4, -0.2) is 95.1 Å². The first-order chi connectivity index (χ1) is 19.5. The van der Waals surface area contributed by atoms with Gasteiger partial charge in [0.1, 0.15) is 5.56 Å². The number of hydrogen-bond acceptors (Lipinski definition) is 11. The standard InChI is InChI=1S/C23H10O19/c24-15(25)2-1-3-13(41-22(40-3)21(36)37)6-4(2)8(16(26)27)10(18(30)31)7-5(6)9(17(28)29)11(19(32)33)12(20(34)35)14(7)42-23(38)39/h1,22H,(H,24,25)(H,26,27)(H,28,29)(H,30,31)(H,32,33)(H,34,35)(H,36,37)(H,38,39). The van der Waals surface area contributed by atoms with Gasteiger partial charge in [0.05, 0.1) is 27.8 Å². The van der Waals surface area contributed by atoms with E-state index in [9.17, 15) is 79.2 Å². The highest BCUT2D eigenvalue weighted by molar-refractivity contribution is 6.35. The molecule has 1 atom stereocenters. The van der Waals surface area contributed by atoms with E-state index in [4.69, 9.17) is 9.47 Å². The molecule has 0 aromatic heterocycles. The molecule has 1 unspecified atom stereocenters. The van der Waals surface area contributed by atoms with Gasteiger partial charge in [0.15, 0.2) is 17.2 Å². The lowest BCUT2D eigenvalue weighted by molar-refractivity contribution is -0.154. The molecule has 42 heavy (non-hydrogen) atoms. The number of hydrogen-bond donors (Lipinski definition) is 8. The molecule has 1 heterocycles. The highest BCUT2D eigenvalue weighted by Gasteiger charge is 2.42. The molecule has 0 saturated carbocycles. The number of carboxylic acid groups (broad SMARTS) is 8. The lowest BCUT2D eigenvalue weighted by Crippen LogP contribution is -2.28. The molecule has 1 aliphatic heterocycles. The Labute approximate surface area is 226 Å². The van der Waals surface area contributed by atoms with E-state index in [0.29, 0.717) is 6.07 Å². The third kappa shape index (κ3) is 4.00. The third-order valence-corrected chi connectivity index (χ3v) is 5.85. The summed E-state index contributed by atoms with van der Waals surface area (Å²) in [6, 6.07) is 0.520. The van der Waals surface area contributed by atoms with Gasteiger partial charge in [-0.2, -0.15) is 0 Å². The molecule has 0 amide bonds. The topological polar surface area (TPSA) is 326 Å². The fourth-order valence-corrected chi connectivity index (χ4v) is 4.57. The van der Waals surface area contributed by atoms with Gasteiger partial charge in [0.2, 0.25) is 0 Å². The second kappa shape index (κ2) is 9.51. The largest absolute Gasteiger partial charge is 0.511 e. The normalized spacial score (nSPS) is 13.5. The first kappa shape index (κ1) is 28.4. The Morgan fingerprint density at radius 2 is 1.02 bits per heavy atom. The van der Waals surface area contributed by atoms with Crippen LogP contribution in [0.2, 0.25) is 0 Å². The lowest BCUT2D eigenvalue weighted by atomic mass is 9.82. The summed E-state index contributed by atoms with van der Waals surface area (Å²) in [5, 5.41) is 73.3. The maximum Gasteiger partial charge on any atom is 0.511 e. The Bertz CT molecular complexity index is 1880. The van der Waals surface area contributed by atoms with E-state index in [1.165, 1.54) is 0 Å². The fraction of sp³-hybridized carbons (Fsp3) is 0.0435. The average molecular weight is 590 g/mol. The summed E-state index contributed by atoms with van der Waals surface area (Å²) < 4.78 is 14.5. The highest BCUT2D eigenvalue weighted by atomic mass is 16.7. The van der Waals surface area contributed by atoms with Crippen molar-refractivity contribution in [2.75, 3.05) is 0 Å². The number of rotatable bonds is 8. The molecule has 4 rings (SSSR count). The Morgan fingerprint density at radius 1 is 0.548 bits per heavy atom. The van der Waals surface area contributed by atoms with Crippen LogP contribution < -0.4 is 14.2 Å². The van der Waals surface area contributed by atoms with Crippen LogP contribution in [0.5, 0.6) is 17.2 Å². The summed E-state index contributed by atoms with van der Waals surface area (Å²) in [5.41, 5.74) is -9.30. The molecule has 0 spiro atoms. The number of carbonyl (C=O) groups is 8. The van der Waals surface area contributed by atoms with E-state index < -0.39 is 126 Å². The predicted molar refractivity (Wildman–Crippen MR) is 125 cm³/mol. The molecule has 3 aromatic carbocycles. The first-order valence-electron chi connectivity index (χ1n) is 10.6. The Balaban J connectivity index is 2.64. The highest BCUT2D eigenvalue weighted by Crippen LogP contribution is 2.52. The zero-order valence-corrected chi connectivity index (χ0v) is 19.7. The van der Waals surface area contributed by atoms with Gasteiger partial charge >= 0.3 is 54.2 Å². The summed E-state index contributed by atoms with van der Waals surface area (Å²) in [7, 11) is 0. The maximum absolute atomic E-state index is 12.5. The number of aliphatic carboxylic acids is 1. The van der Waals surface area contributed by atoms with Crippen molar-refractivity contribution in [2.45, 2.75) is 6.29 Å². The molecule has 3 aromatic rings. The van der Waals surface area contributed by atoms with Crippen molar-refractivity contribution in [3.63, 3.8) is 0 Å². The van der Waals surface area contributed by atoms with Crippen molar-refractivity contribution >= 4 is 69.5 Å². The van der Waals surface area contributed by atoms with Gasteiger partial charge < -0.3 is 55.1 Å². The third-order valence-electron chi connectivity index (χ3n) is 5.85. The summed E-state index contributed by atoms with van der Waals surface area (Å²) >= 11 is 0. The zero-order chi connectivity index (χ0) is 31.5. The van der Waals surface area contributed by atoms with Crippen molar-refractivity contribution in [2.24, 2.45) is 0 Å². The summed E-state index contributed by atoms with van der Waals surface area (Å²) in [6.07, 6.45) is -4.68. The first-order valence-corrected chi connectivity index (χ1v) is 10.6. The van der Waals surface area contributed by atoms with Gasteiger partial charge in [-0.15, -0.1) is 0 Å². The molecule has 0 saturated heterocycles. The zero-order valence-electron chi connectivity index (χ0n) is 19.7. The molecule has 19 heteroatoms. The van der Waals surface area contributed by atoms with E-state index in [1.807, 2.05) is 0 Å². The van der Waals surface area contributed by atoms with Gasteiger partial charge in [-0.1, -0.05) is 0 Å². The lowest BCUT2D eigenvalue weighted by Gasteiger charge is -2.21. The van der Waals surface area contributed by atoms with Crippen molar-refractivity contribution in [3.05, 3.63) is 39.4 Å². The molecule has 0 radical (unpaired) electrons. The van der Waals surface area contributed by atoms with Gasteiger partial charge in [0, 0.05) is 21.5 Å². The van der Waals surface area contributed by atoms with Crippen LogP contribution in [0.3, 0.4) is 0 Å². The number of carboxylic acids is 7. The maximum atomic E-state index is 12.5. The van der Waals surface area contributed by atoms with Crippen LogP contribution >= 0.6 is 0 Å². The Hall–Kier alpha value is -6.66. The van der Waals surface area contributed by atoms with E-state index in [0.717, 1.165) is 0 Å². The van der Waals surface area contributed by atoms with Crippen LogP contribution in [0.25, 0.3) is 21.5 Å². The monoisotopic (exact) mass is 590 g/mol. The second-order valence-corrected chi connectivity index (χ2v) is 8.06. The average Bonchev–Trinajstić information content (AvgIpc) is 3.30. The molecule has 1 aliphatic rings. The van der Waals surface area contributed by atoms with E-state index in [2.05, 4.69) is 4.74 Å². The van der Waals surface area contributed by atoms with Gasteiger partial charge in [-0.05, 0) is 6.07 Å². The van der Waals surface area contributed by atoms with E-state index in [-0.39, 0.29) is 0 Å². The second-order valence-electron chi connectivity index (χ2n) is 8.06. The molecular formula is C23H10O19. The molecular weight excluding hydrogens is 580 g/mol. The quantitative estimate of drug-likeness (QED) is 0.104. The number of aromatic carboxylic acids is 6. The molecule has 0 bridgehead atoms.